The maximum absolute atomic E-state index is 12.8. The highest BCUT2D eigenvalue weighted by atomic mass is 16.5. The molecule has 0 bridgehead atoms. The number of nitrogens with one attached hydrogen (secondary N) is 1. The Morgan fingerprint density at radius 2 is 1.80 bits per heavy atom. The molecule has 0 aromatic heterocycles. The molecule has 3 amide bonds. The Morgan fingerprint density at radius 3 is 2.44 bits per heavy atom. The van der Waals surface area contributed by atoms with Crippen LogP contribution < -0.4 is 10.1 Å². The number of imide groups is 1. The molecule has 0 atom stereocenters. The molecule has 136 valence electrons. The minimum absolute atomic E-state index is 0.0456. The molecule has 0 radical (unpaired) electrons. The molecule has 0 unspecified atom stereocenters. The molecule has 2 fully saturated rings. The van der Waals surface area contributed by atoms with Crippen molar-refractivity contribution in [2.45, 2.75) is 58.4 Å². The third kappa shape index (κ3) is 3.80. The molecule has 1 spiro atoms. The fraction of sp³-hybridized carbons (Fsp3) is 0.600. The van der Waals surface area contributed by atoms with Crippen LogP contribution in [0.25, 0.3) is 0 Å². The summed E-state index contributed by atoms with van der Waals surface area (Å²) in [6.07, 6.45) is 4.15. The SMILES string of the molecule is Cc1cc(C)cc(OCCCN2C(=O)NC3(CCC(C)CC3)C2=O)c1. The molecular formula is C20H28N2O3. The summed E-state index contributed by atoms with van der Waals surface area (Å²) in [6, 6.07) is 5.86. The Hall–Kier alpha value is -2.04. The van der Waals surface area contributed by atoms with Gasteiger partial charge in [-0.15, -0.1) is 0 Å². The summed E-state index contributed by atoms with van der Waals surface area (Å²) in [7, 11) is 0. The minimum atomic E-state index is -0.641. The van der Waals surface area contributed by atoms with Crippen LogP contribution in [0.3, 0.4) is 0 Å². The van der Waals surface area contributed by atoms with Gasteiger partial charge in [0.2, 0.25) is 0 Å². The smallest absolute Gasteiger partial charge is 0.325 e. The molecule has 5 heteroatoms. The van der Waals surface area contributed by atoms with Crippen molar-refractivity contribution in [1.29, 1.82) is 0 Å². The number of rotatable bonds is 5. The van der Waals surface area contributed by atoms with Crippen molar-refractivity contribution in [2.24, 2.45) is 5.92 Å². The van der Waals surface area contributed by atoms with Crippen molar-refractivity contribution in [3.63, 3.8) is 0 Å². The highest BCUT2D eigenvalue weighted by Crippen LogP contribution is 2.36. The van der Waals surface area contributed by atoms with Gasteiger partial charge in [-0.1, -0.05) is 13.0 Å². The van der Waals surface area contributed by atoms with Gasteiger partial charge in [-0.25, -0.2) is 4.79 Å². The van der Waals surface area contributed by atoms with Gasteiger partial charge >= 0.3 is 6.03 Å². The summed E-state index contributed by atoms with van der Waals surface area (Å²) in [5.41, 5.74) is 1.69. The van der Waals surface area contributed by atoms with Crippen LogP contribution >= 0.6 is 0 Å². The van der Waals surface area contributed by atoms with Crippen molar-refractivity contribution >= 4 is 11.9 Å². The van der Waals surface area contributed by atoms with Gasteiger partial charge in [0.25, 0.3) is 5.91 Å². The van der Waals surface area contributed by atoms with Gasteiger partial charge in [-0.3, -0.25) is 9.69 Å². The third-order valence-corrected chi connectivity index (χ3v) is 5.36. The quantitative estimate of drug-likeness (QED) is 0.656. The van der Waals surface area contributed by atoms with Gasteiger partial charge in [0.15, 0.2) is 0 Å². The highest BCUT2D eigenvalue weighted by Gasteiger charge is 2.51. The number of aryl methyl sites for hydroxylation is 2. The number of carbonyl (C=O) groups excluding carboxylic acids is 2. The van der Waals surface area contributed by atoms with Gasteiger partial charge in [-0.05, 0) is 75.1 Å². The van der Waals surface area contributed by atoms with Gasteiger partial charge in [0, 0.05) is 6.54 Å². The molecule has 1 aliphatic heterocycles. The van der Waals surface area contributed by atoms with E-state index >= 15 is 0 Å². The van der Waals surface area contributed by atoms with E-state index in [9.17, 15) is 9.59 Å². The van der Waals surface area contributed by atoms with E-state index in [0.717, 1.165) is 42.6 Å². The second-order valence-electron chi connectivity index (χ2n) is 7.68. The number of ether oxygens (including phenoxy) is 1. The molecule has 5 nitrogen and oxygen atoms in total. The minimum Gasteiger partial charge on any atom is -0.494 e. The van der Waals surface area contributed by atoms with E-state index in [1.807, 2.05) is 26.0 Å². The lowest BCUT2D eigenvalue weighted by Gasteiger charge is -2.33. The van der Waals surface area contributed by atoms with Crippen LogP contribution in [0.15, 0.2) is 18.2 Å². The summed E-state index contributed by atoms with van der Waals surface area (Å²) < 4.78 is 5.78. The average molecular weight is 344 g/mol. The number of hydrogen-bond donors (Lipinski definition) is 1. The topological polar surface area (TPSA) is 58.6 Å². The Morgan fingerprint density at radius 1 is 1.16 bits per heavy atom. The lowest BCUT2D eigenvalue weighted by atomic mass is 9.77. The second-order valence-corrected chi connectivity index (χ2v) is 7.68. The zero-order chi connectivity index (χ0) is 18.0. The fourth-order valence-corrected chi connectivity index (χ4v) is 3.90. The molecule has 2 aliphatic rings. The lowest BCUT2D eigenvalue weighted by molar-refractivity contribution is -0.132. The maximum atomic E-state index is 12.8. The van der Waals surface area contributed by atoms with Crippen LogP contribution in [-0.4, -0.2) is 35.5 Å². The Kier molecular flexibility index (Phi) is 5.02. The van der Waals surface area contributed by atoms with Crippen molar-refractivity contribution in [3.8, 4) is 5.75 Å². The van der Waals surface area contributed by atoms with Crippen LogP contribution in [0.5, 0.6) is 5.75 Å². The van der Waals surface area contributed by atoms with E-state index in [2.05, 4.69) is 18.3 Å². The number of nitrogens with zero attached hydrogens (tertiary/aromatic N) is 1. The predicted octanol–water partition coefficient (Wildman–Crippen LogP) is 3.57. The molecule has 1 saturated carbocycles. The normalized spacial score (nSPS) is 26.2. The molecule has 3 rings (SSSR count). The lowest BCUT2D eigenvalue weighted by Crippen LogP contribution is -2.49. The summed E-state index contributed by atoms with van der Waals surface area (Å²) in [5.74, 6) is 1.43. The van der Waals surface area contributed by atoms with Crippen LogP contribution in [0.2, 0.25) is 0 Å². The summed E-state index contributed by atoms with van der Waals surface area (Å²) in [5, 5.41) is 2.96. The molecule has 1 heterocycles. The predicted molar refractivity (Wildman–Crippen MR) is 96.6 cm³/mol. The van der Waals surface area contributed by atoms with Gasteiger partial charge < -0.3 is 10.1 Å². The zero-order valence-electron chi connectivity index (χ0n) is 15.4. The molecule has 1 saturated heterocycles. The maximum Gasteiger partial charge on any atom is 0.325 e. The summed E-state index contributed by atoms with van der Waals surface area (Å²) >= 11 is 0. The molecule has 1 N–H and O–H groups in total. The van der Waals surface area contributed by atoms with E-state index in [-0.39, 0.29) is 11.9 Å². The molecule has 1 aliphatic carbocycles. The van der Waals surface area contributed by atoms with Crippen LogP contribution in [0.1, 0.15) is 50.2 Å². The van der Waals surface area contributed by atoms with E-state index in [0.29, 0.717) is 25.5 Å². The van der Waals surface area contributed by atoms with E-state index in [1.54, 1.807) is 0 Å². The first kappa shape index (κ1) is 17.8. The molecule has 25 heavy (non-hydrogen) atoms. The van der Waals surface area contributed by atoms with Gasteiger partial charge in [0.05, 0.1) is 6.61 Å². The van der Waals surface area contributed by atoms with E-state index in [4.69, 9.17) is 4.74 Å². The molecule has 1 aromatic rings. The van der Waals surface area contributed by atoms with Gasteiger partial charge in [-0.2, -0.15) is 0 Å². The second kappa shape index (κ2) is 7.06. The first-order valence-corrected chi connectivity index (χ1v) is 9.25. The van der Waals surface area contributed by atoms with Crippen molar-refractivity contribution in [1.82, 2.24) is 10.2 Å². The average Bonchev–Trinajstić information content (AvgIpc) is 2.77. The number of benzene rings is 1. The number of amides is 3. The fourth-order valence-electron chi connectivity index (χ4n) is 3.90. The van der Waals surface area contributed by atoms with Crippen molar-refractivity contribution < 1.29 is 14.3 Å². The number of carbonyl (C=O) groups is 2. The number of urea groups is 1. The Labute approximate surface area is 149 Å². The van der Waals surface area contributed by atoms with Crippen LogP contribution in [0, 0.1) is 19.8 Å². The van der Waals surface area contributed by atoms with E-state index < -0.39 is 5.54 Å². The number of hydrogen-bond acceptors (Lipinski definition) is 3. The Bertz CT molecular complexity index is 643. The van der Waals surface area contributed by atoms with Crippen LogP contribution in [0.4, 0.5) is 4.79 Å². The van der Waals surface area contributed by atoms with Crippen molar-refractivity contribution in [3.05, 3.63) is 29.3 Å². The van der Waals surface area contributed by atoms with Crippen LogP contribution in [-0.2, 0) is 4.79 Å². The van der Waals surface area contributed by atoms with Crippen molar-refractivity contribution in [2.75, 3.05) is 13.2 Å². The molecule has 1 aromatic carbocycles. The van der Waals surface area contributed by atoms with E-state index in [1.165, 1.54) is 4.90 Å². The first-order chi connectivity index (χ1) is 11.9. The summed E-state index contributed by atoms with van der Waals surface area (Å²) in [6.45, 7) is 7.18. The molecular weight excluding hydrogens is 316 g/mol. The monoisotopic (exact) mass is 344 g/mol. The standard InChI is InChI=1S/C20H28N2O3/c1-14-5-7-20(8-6-14)18(23)22(19(24)21-20)9-4-10-25-17-12-15(2)11-16(3)13-17/h11-14H,4-10H2,1-3H3,(H,21,24). The largest absolute Gasteiger partial charge is 0.494 e. The highest BCUT2D eigenvalue weighted by molar-refractivity contribution is 6.07. The first-order valence-electron chi connectivity index (χ1n) is 9.25. The third-order valence-electron chi connectivity index (χ3n) is 5.36. The summed E-state index contributed by atoms with van der Waals surface area (Å²) in [4.78, 5) is 26.4. The van der Waals surface area contributed by atoms with Gasteiger partial charge in [0.1, 0.15) is 11.3 Å². The zero-order valence-corrected chi connectivity index (χ0v) is 15.4. The Balaban J connectivity index is 1.51.